The van der Waals surface area contributed by atoms with E-state index in [1.54, 1.807) is 0 Å². The van der Waals surface area contributed by atoms with Crippen LogP contribution in [0.4, 0.5) is 0 Å². The van der Waals surface area contributed by atoms with Gasteiger partial charge in [0.15, 0.2) is 0 Å². The molecule has 1 aromatic heterocycles. The number of aryl methyl sites for hydroxylation is 2. The summed E-state index contributed by atoms with van der Waals surface area (Å²) in [6.07, 6.45) is 4.93. The molecule has 0 saturated carbocycles. The molecular weight excluding hydrogens is 192 g/mol. The van der Waals surface area contributed by atoms with Gasteiger partial charge in [0.25, 0.3) is 0 Å². The molecule has 3 heteroatoms. The van der Waals surface area contributed by atoms with Crippen molar-refractivity contribution >= 4 is 11.3 Å². The van der Waals surface area contributed by atoms with Crippen LogP contribution in [0.1, 0.15) is 35.3 Å². The molecular formula is C11H18N2S. The number of thiazole rings is 1. The molecule has 1 atom stereocenters. The fourth-order valence-electron chi connectivity index (χ4n) is 1.98. The maximum Gasteiger partial charge on any atom is 0.0928 e. The molecule has 1 N–H and O–H groups in total. The van der Waals surface area contributed by atoms with Gasteiger partial charge in [-0.25, -0.2) is 4.98 Å². The van der Waals surface area contributed by atoms with Crippen LogP contribution in [0.2, 0.25) is 0 Å². The van der Waals surface area contributed by atoms with E-state index < -0.39 is 0 Å². The highest BCUT2D eigenvalue weighted by Gasteiger charge is 2.17. The molecule has 1 saturated heterocycles. The van der Waals surface area contributed by atoms with Gasteiger partial charge in [-0.15, -0.1) is 11.3 Å². The van der Waals surface area contributed by atoms with Crippen molar-refractivity contribution in [3.63, 3.8) is 0 Å². The normalized spacial score (nSPS) is 21.7. The van der Waals surface area contributed by atoms with Gasteiger partial charge in [-0.3, -0.25) is 0 Å². The van der Waals surface area contributed by atoms with Crippen molar-refractivity contribution in [2.45, 2.75) is 45.6 Å². The molecule has 1 aromatic rings. The van der Waals surface area contributed by atoms with Gasteiger partial charge in [0.05, 0.1) is 10.7 Å². The van der Waals surface area contributed by atoms with Gasteiger partial charge in [-0.05, 0) is 39.2 Å². The largest absolute Gasteiger partial charge is 0.314 e. The van der Waals surface area contributed by atoms with E-state index in [9.17, 15) is 0 Å². The number of aromatic nitrogens is 1. The standard InChI is InChI=1S/C11H18N2S/c1-3-11-13-8(2)10(14-11)7-9-5-4-6-12-9/h9,12H,3-7H2,1-2H3. The second-order valence-electron chi connectivity index (χ2n) is 3.97. The molecule has 2 rings (SSSR count). The fourth-order valence-corrected chi connectivity index (χ4v) is 3.07. The smallest absolute Gasteiger partial charge is 0.0928 e. The topological polar surface area (TPSA) is 24.9 Å². The fraction of sp³-hybridized carbons (Fsp3) is 0.727. The third kappa shape index (κ3) is 2.15. The van der Waals surface area contributed by atoms with Crippen LogP contribution in [0.25, 0.3) is 0 Å². The summed E-state index contributed by atoms with van der Waals surface area (Å²) >= 11 is 1.90. The lowest BCUT2D eigenvalue weighted by atomic mass is 10.1. The van der Waals surface area contributed by atoms with Crippen LogP contribution >= 0.6 is 11.3 Å². The molecule has 2 nitrogen and oxygen atoms in total. The molecule has 1 fully saturated rings. The second kappa shape index (κ2) is 4.41. The van der Waals surface area contributed by atoms with Crippen LogP contribution in [0.5, 0.6) is 0 Å². The molecule has 0 spiro atoms. The first-order chi connectivity index (χ1) is 6.79. The summed E-state index contributed by atoms with van der Waals surface area (Å²) < 4.78 is 0. The predicted octanol–water partition coefficient (Wildman–Crippen LogP) is 2.31. The van der Waals surface area contributed by atoms with Crippen LogP contribution in [0.3, 0.4) is 0 Å². The molecule has 14 heavy (non-hydrogen) atoms. The molecule has 78 valence electrons. The minimum absolute atomic E-state index is 0.707. The van der Waals surface area contributed by atoms with Crippen LogP contribution in [0.15, 0.2) is 0 Å². The van der Waals surface area contributed by atoms with Crippen LogP contribution in [-0.4, -0.2) is 17.6 Å². The Kier molecular flexibility index (Phi) is 3.19. The summed E-state index contributed by atoms with van der Waals surface area (Å²) in [5.74, 6) is 0. The first-order valence-electron chi connectivity index (χ1n) is 5.48. The SMILES string of the molecule is CCc1nc(C)c(CC2CCCN2)s1. The Morgan fingerprint density at radius 2 is 2.43 bits per heavy atom. The van der Waals surface area contributed by atoms with Gasteiger partial charge in [-0.2, -0.15) is 0 Å². The molecule has 2 heterocycles. The Hall–Kier alpha value is -0.410. The number of nitrogens with zero attached hydrogens (tertiary/aromatic N) is 1. The number of hydrogen-bond donors (Lipinski definition) is 1. The highest BCUT2D eigenvalue weighted by atomic mass is 32.1. The first-order valence-corrected chi connectivity index (χ1v) is 6.29. The lowest BCUT2D eigenvalue weighted by molar-refractivity contribution is 0.605. The van der Waals surface area contributed by atoms with Gasteiger partial charge >= 0.3 is 0 Å². The minimum atomic E-state index is 0.707. The van der Waals surface area contributed by atoms with E-state index in [2.05, 4.69) is 24.1 Å². The summed E-state index contributed by atoms with van der Waals surface area (Å²) in [5.41, 5.74) is 1.25. The van der Waals surface area contributed by atoms with Crippen molar-refractivity contribution in [1.82, 2.24) is 10.3 Å². The maximum absolute atomic E-state index is 4.56. The quantitative estimate of drug-likeness (QED) is 0.828. The van der Waals surface area contributed by atoms with E-state index in [0.717, 1.165) is 6.42 Å². The zero-order valence-corrected chi connectivity index (χ0v) is 9.78. The number of nitrogens with one attached hydrogen (secondary N) is 1. The van der Waals surface area contributed by atoms with Gasteiger partial charge in [0, 0.05) is 10.9 Å². The third-order valence-corrected chi connectivity index (χ3v) is 4.16. The van der Waals surface area contributed by atoms with Crippen LogP contribution < -0.4 is 5.32 Å². The van der Waals surface area contributed by atoms with E-state index in [4.69, 9.17) is 0 Å². The molecule has 1 aliphatic rings. The van der Waals surface area contributed by atoms with Crippen LogP contribution in [0, 0.1) is 6.92 Å². The molecule has 0 bridgehead atoms. The van der Waals surface area contributed by atoms with E-state index >= 15 is 0 Å². The summed E-state index contributed by atoms with van der Waals surface area (Å²) in [6, 6.07) is 0.707. The Morgan fingerprint density at radius 1 is 1.57 bits per heavy atom. The van der Waals surface area contributed by atoms with Gasteiger partial charge in [-0.1, -0.05) is 6.92 Å². The maximum atomic E-state index is 4.56. The molecule has 0 radical (unpaired) electrons. The number of hydrogen-bond acceptors (Lipinski definition) is 3. The molecule has 0 amide bonds. The van der Waals surface area contributed by atoms with Crippen molar-refractivity contribution < 1.29 is 0 Å². The minimum Gasteiger partial charge on any atom is -0.314 e. The molecule has 0 aliphatic carbocycles. The van der Waals surface area contributed by atoms with Crippen molar-refractivity contribution in [3.8, 4) is 0 Å². The Morgan fingerprint density at radius 3 is 3.00 bits per heavy atom. The average molecular weight is 210 g/mol. The van der Waals surface area contributed by atoms with Crippen molar-refractivity contribution in [1.29, 1.82) is 0 Å². The van der Waals surface area contributed by atoms with E-state index in [0.29, 0.717) is 6.04 Å². The Labute approximate surface area is 89.8 Å². The summed E-state index contributed by atoms with van der Waals surface area (Å²) in [5, 5.41) is 4.83. The van der Waals surface area contributed by atoms with E-state index in [-0.39, 0.29) is 0 Å². The highest BCUT2D eigenvalue weighted by molar-refractivity contribution is 7.11. The molecule has 1 unspecified atom stereocenters. The van der Waals surface area contributed by atoms with Gasteiger partial charge in [0.1, 0.15) is 0 Å². The van der Waals surface area contributed by atoms with Crippen molar-refractivity contribution in [2.75, 3.05) is 6.54 Å². The second-order valence-corrected chi connectivity index (χ2v) is 5.14. The lowest BCUT2D eigenvalue weighted by Gasteiger charge is -2.07. The zero-order chi connectivity index (χ0) is 9.97. The van der Waals surface area contributed by atoms with Crippen molar-refractivity contribution in [2.24, 2.45) is 0 Å². The number of rotatable bonds is 3. The summed E-state index contributed by atoms with van der Waals surface area (Å²) in [7, 11) is 0. The van der Waals surface area contributed by atoms with Crippen molar-refractivity contribution in [3.05, 3.63) is 15.6 Å². The zero-order valence-electron chi connectivity index (χ0n) is 8.97. The third-order valence-electron chi connectivity index (χ3n) is 2.83. The average Bonchev–Trinajstić information content (AvgIpc) is 2.78. The van der Waals surface area contributed by atoms with Crippen LogP contribution in [-0.2, 0) is 12.8 Å². The first kappa shape index (κ1) is 10.1. The Bertz CT molecular complexity index is 300. The van der Waals surface area contributed by atoms with Gasteiger partial charge in [0.2, 0.25) is 0 Å². The van der Waals surface area contributed by atoms with E-state index in [1.165, 1.54) is 41.4 Å². The molecule has 1 aliphatic heterocycles. The molecule has 0 aromatic carbocycles. The summed E-state index contributed by atoms with van der Waals surface area (Å²) in [4.78, 5) is 6.05. The predicted molar refractivity (Wildman–Crippen MR) is 61.0 cm³/mol. The summed E-state index contributed by atoms with van der Waals surface area (Å²) in [6.45, 7) is 5.51. The van der Waals surface area contributed by atoms with Gasteiger partial charge < -0.3 is 5.32 Å². The lowest BCUT2D eigenvalue weighted by Crippen LogP contribution is -2.23. The Balaban J connectivity index is 2.03. The van der Waals surface area contributed by atoms with E-state index in [1.807, 2.05) is 11.3 Å². The highest BCUT2D eigenvalue weighted by Crippen LogP contribution is 2.22. The monoisotopic (exact) mass is 210 g/mol.